The van der Waals surface area contributed by atoms with Crippen molar-refractivity contribution in [2.24, 2.45) is 0 Å². The molecule has 0 spiro atoms. The number of allylic oxidation sites excluding steroid dienone is 1. The van der Waals surface area contributed by atoms with Gasteiger partial charge in [0.25, 0.3) is 0 Å². The van der Waals surface area contributed by atoms with Crippen molar-refractivity contribution in [1.82, 2.24) is 0 Å². The molecule has 0 radical (unpaired) electrons. The maximum Gasteiger partial charge on any atom is 0.0448 e. The summed E-state index contributed by atoms with van der Waals surface area (Å²) in [6.45, 7) is 0. The standard InChI is InChI=1S/C18H14S2/c1-2-10-12-6-8-20-18(12)14-4-3-13-15(16(10)14)9(1)11-5-7-19-17(11)13/h1-5,7,11-12,17-18H,6,8H2. The zero-order valence-electron chi connectivity index (χ0n) is 11.0. The van der Waals surface area contributed by atoms with Crippen LogP contribution in [0.2, 0.25) is 0 Å². The highest BCUT2D eigenvalue weighted by Crippen LogP contribution is 2.63. The van der Waals surface area contributed by atoms with Gasteiger partial charge >= 0.3 is 0 Å². The van der Waals surface area contributed by atoms with Gasteiger partial charge in [-0.15, -0.1) is 11.8 Å². The summed E-state index contributed by atoms with van der Waals surface area (Å²) in [5.74, 6) is 2.76. The first-order chi connectivity index (χ1) is 9.93. The van der Waals surface area contributed by atoms with Crippen LogP contribution in [0.4, 0.5) is 0 Å². The first kappa shape index (κ1) is 10.8. The third-order valence-corrected chi connectivity index (χ3v) is 8.16. The van der Waals surface area contributed by atoms with E-state index < -0.39 is 0 Å². The van der Waals surface area contributed by atoms with E-state index >= 15 is 0 Å². The van der Waals surface area contributed by atoms with Crippen LogP contribution < -0.4 is 0 Å². The molecule has 98 valence electrons. The zero-order chi connectivity index (χ0) is 12.8. The van der Waals surface area contributed by atoms with E-state index in [1.807, 2.05) is 11.8 Å². The molecule has 4 unspecified atom stereocenters. The molecule has 20 heavy (non-hydrogen) atoms. The Bertz CT molecular complexity index is 788. The fraction of sp³-hybridized carbons (Fsp3) is 0.333. The van der Waals surface area contributed by atoms with Crippen LogP contribution in [0.15, 0.2) is 35.7 Å². The van der Waals surface area contributed by atoms with Crippen molar-refractivity contribution in [3.8, 4) is 0 Å². The minimum absolute atomic E-state index is 0.632. The summed E-state index contributed by atoms with van der Waals surface area (Å²) in [5, 5.41) is 6.98. The Labute approximate surface area is 127 Å². The molecule has 1 saturated heterocycles. The Balaban J connectivity index is 1.77. The molecule has 2 heterocycles. The predicted octanol–water partition coefficient (Wildman–Crippen LogP) is 5.51. The minimum Gasteiger partial charge on any atom is -0.153 e. The number of benzene rings is 2. The molecule has 0 nitrogen and oxygen atoms in total. The Hall–Kier alpha value is -0.860. The molecule has 1 fully saturated rings. The second-order valence-electron chi connectivity index (χ2n) is 6.34. The van der Waals surface area contributed by atoms with Crippen LogP contribution >= 0.6 is 23.5 Å². The van der Waals surface area contributed by atoms with Crippen LogP contribution in [0, 0.1) is 0 Å². The third kappa shape index (κ3) is 1.05. The van der Waals surface area contributed by atoms with Crippen molar-refractivity contribution in [2.75, 3.05) is 5.75 Å². The molecule has 6 rings (SSSR count). The first-order valence-electron chi connectivity index (χ1n) is 7.46. The van der Waals surface area contributed by atoms with Crippen LogP contribution in [0.1, 0.15) is 51.0 Å². The smallest absolute Gasteiger partial charge is 0.0448 e. The summed E-state index contributed by atoms with van der Waals surface area (Å²) in [6.07, 6.45) is 3.78. The fourth-order valence-corrected chi connectivity index (χ4v) is 7.53. The quantitative estimate of drug-likeness (QED) is 0.628. The van der Waals surface area contributed by atoms with Crippen LogP contribution in [0.3, 0.4) is 0 Å². The molecule has 2 aromatic carbocycles. The van der Waals surface area contributed by atoms with Crippen molar-refractivity contribution < 1.29 is 0 Å². The van der Waals surface area contributed by atoms with Crippen LogP contribution in [-0.4, -0.2) is 5.75 Å². The topological polar surface area (TPSA) is 0 Å². The number of hydrogen-bond acceptors (Lipinski definition) is 2. The number of fused-ring (bicyclic) bond motifs is 6. The lowest BCUT2D eigenvalue weighted by Gasteiger charge is -2.12. The summed E-state index contributed by atoms with van der Waals surface area (Å²) in [4.78, 5) is 0. The number of hydrogen-bond donors (Lipinski definition) is 0. The van der Waals surface area contributed by atoms with Crippen molar-refractivity contribution in [2.45, 2.75) is 28.8 Å². The van der Waals surface area contributed by atoms with Gasteiger partial charge in [-0.3, -0.25) is 0 Å². The van der Waals surface area contributed by atoms with Gasteiger partial charge in [0.2, 0.25) is 0 Å². The van der Waals surface area contributed by atoms with E-state index in [0.717, 1.165) is 11.2 Å². The Kier molecular flexibility index (Phi) is 1.88. The van der Waals surface area contributed by atoms with Gasteiger partial charge in [0, 0.05) is 22.3 Å². The second kappa shape index (κ2) is 3.48. The third-order valence-electron chi connectivity index (χ3n) is 5.59. The molecule has 2 aliphatic carbocycles. The van der Waals surface area contributed by atoms with E-state index in [4.69, 9.17) is 0 Å². The van der Waals surface area contributed by atoms with E-state index in [1.54, 1.807) is 33.0 Å². The van der Waals surface area contributed by atoms with Crippen LogP contribution in [0.5, 0.6) is 0 Å². The first-order valence-corrected chi connectivity index (χ1v) is 9.45. The normalized spacial score (nSPS) is 35.0. The fourth-order valence-electron chi connectivity index (χ4n) is 4.81. The maximum absolute atomic E-state index is 2.46. The van der Waals surface area contributed by atoms with Gasteiger partial charge in [-0.25, -0.2) is 0 Å². The van der Waals surface area contributed by atoms with E-state index in [0.29, 0.717) is 11.2 Å². The van der Waals surface area contributed by atoms with E-state index in [-0.39, 0.29) is 0 Å². The van der Waals surface area contributed by atoms with Gasteiger partial charge < -0.3 is 0 Å². The average molecular weight is 294 g/mol. The summed E-state index contributed by atoms with van der Waals surface area (Å²) in [7, 11) is 0. The summed E-state index contributed by atoms with van der Waals surface area (Å²) in [6, 6.07) is 9.80. The number of rotatable bonds is 0. The van der Waals surface area contributed by atoms with Gasteiger partial charge in [0.1, 0.15) is 0 Å². The van der Waals surface area contributed by atoms with Gasteiger partial charge in [0.05, 0.1) is 0 Å². The highest BCUT2D eigenvalue weighted by molar-refractivity contribution is 8.02. The molecular formula is C18H14S2. The summed E-state index contributed by atoms with van der Waals surface area (Å²) >= 11 is 4.19. The zero-order valence-corrected chi connectivity index (χ0v) is 12.6. The van der Waals surface area contributed by atoms with Gasteiger partial charge in [-0.1, -0.05) is 30.3 Å². The SMILES string of the molecule is C1=CC2c3ccc4c5c(ccc(c35)C2S1)C1SCCC41. The highest BCUT2D eigenvalue weighted by atomic mass is 32.2. The molecule has 0 saturated carbocycles. The Morgan fingerprint density at radius 1 is 0.850 bits per heavy atom. The van der Waals surface area contributed by atoms with E-state index in [2.05, 4.69) is 47.5 Å². The average Bonchev–Trinajstić information content (AvgIpc) is 3.18. The lowest BCUT2D eigenvalue weighted by molar-refractivity contribution is 0.714. The van der Waals surface area contributed by atoms with Gasteiger partial charge in [0.15, 0.2) is 0 Å². The molecule has 2 aromatic rings. The molecular weight excluding hydrogens is 280 g/mol. The highest BCUT2D eigenvalue weighted by Gasteiger charge is 2.43. The molecule has 2 heteroatoms. The molecule has 4 atom stereocenters. The van der Waals surface area contributed by atoms with Crippen molar-refractivity contribution >= 4 is 34.3 Å². The van der Waals surface area contributed by atoms with Gasteiger partial charge in [-0.2, -0.15) is 11.8 Å². The molecule has 0 amide bonds. The van der Waals surface area contributed by atoms with E-state index in [9.17, 15) is 0 Å². The molecule has 4 aliphatic rings. The number of thioether (sulfide) groups is 2. The minimum atomic E-state index is 0.632. The lowest BCUT2D eigenvalue weighted by atomic mass is 9.94. The maximum atomic E-state index is 2.46. The summed E-state index contributed by atoms with van der Waals surface area (Å²) in [5.41, 5.74) is 6.49. The second-order valence-corrected chi connectivity index (χ2v) is 8.64. The van der Waals surface area contributed by atoms with Crippen molar-refractivity contribution in [3.05, 3.63) is 58.0 Å². The molecule has 0 aromatic heterocycles. The Morgan fingerprint density at radius 2 is 1.60 bits per heavy atom. The lowest BCUT2D eigenvalue weighted by Crippen LogP contribution is -1.95. The van der Waals surface area contributed by atoms with Gasteiger partial charge in [-0.05, 0) is 50.6 Å². The predicted molar refractivity (Wildman–Crippen MR) is 88.7 cm³/mol. The van der Waals surface area contributed by atoms with Crippen molar-refractivity contribution in [1.29, 1.82) is 0 Å². The van der Waals surface area contributed by atoms with Crippen LogP contribution in [0.25, 0.3) is 10.8 Å². The largest absolute Gasteiger partial charge is 0.153 e. The molecule has 0 N–H and O–H groups in total. The molecule has 0 bridgehead atoms. The van der Waals surface area contributed by atoms with Crippen LogP contribution in [-0.2, 0) is 0 Å². The summed E-state index contributed by atoms with van der Waals surface area (Å²) < 4.78 is 0. The van der Waals surface area contributed by atoms with E-state index in [1.165, 1.54) is 12.2 Å². The monoisotopic (exact) mass is 294 g/mol. The Morgan fingerprint density at radius 3 is 2.55 bits per heavy atom. The molecule has 2 aliphatic heterocycles. The van der Waals surface area contributed by atoms with Crippen molar-refractivity contribution in [3.63, 3.8) is 0 Å².